The summed E-state index contributed by atoms with van der Waals surface area (Å²) in [5.41, 5.74) is 2.23. The Bertz CT molecular complexity index is 546. The SMILES string of the molecule is O=C(NCc1cc2n(n1)CCN([C@@H]1CCOC1)C2)C1CCC1. The van der Waals surface area contributed by atoms with Crippen LogP contribution < -0.4 is 5.32 Å². The lowest BCUT2D eigenvalue weighted by Crippen LogP contribution is -2.41. The number of rotatable bonds is 4. The second-order valence-corrected chi connectivity index (χ2v) is 6.68. The summed E-state index contributed by atoms with van der Waals surface area (Å²) in [4.78, 5) is 14.4. The van der Waals surface area contributed by atoms with Gasteiger partial charge in [0, 0.05) is 31.7 Å². The Kier molecular flexibility index (Phi) is 3.88. The first kappa shape index (κ1) is 14.2. The molecule has 120 valence electrons. The van der Waals surface area contributed by atoms with Gasteiger partial charge in [-0.1, -0.05) is 6.42 Å². The minimum atomic E-state index is 0.196. The molecule has 22 heavy (non-hydrogen) atoms. The molecule has 1 saturated carbocycles. The number of nitrogens with zero attached hydrogens (tertiary/aromatic N) is 3. The predicted octanol–water partition coefficient (Wildman–Crippen LogP) is 0.904. The van der Waals surface area contributed by atoms with Crippen LogP contribution in [0.4, 0.5) is 0 Å². The van der Waals surface area contributed by atoms with E-state index in [-0.39, 0.29) is 11.8 Å². The van der Waals surface area contributed by atoms with Gasteiger partial charge in [0.25, 0.3) is 0 Å². The Labute approximate surface area is 130 Å². The maximum Gasteiger partial charge on any atom is 0.223 e. The van der Waals surface area contributed by atoms with Crippen LogP contribution in [0.15, 0.2) is 6.07 Å². The number of amides is 1. The molecule has 2 fully saturated rings. The number of hydrogen-bond donors (Lipinski definition) is 1. The summed E-state index contributed by atoms with van der Waals surface area (Å²) in [5.74, 6) is 0.442. The highest BCUT2D eigenvalue weighted by molar-refractivity contribution is 5.79. The average molecular weight is 304 g/mol. The van der Waals surface area contributed by atoms with Crippen LogP contribution in [-0.2, 0) is 29.2 Å². The topological polar surface area (TPSA) is 59.4 Å². The van der Waals surface area contributed by atoms with E-state index in [1.54, 1.807) is 0 Å². The summed E-state index contributed by atoms with van der Waals surface area (Å²) >= 11 is 0. The smallest absolute Gasteiger partial charge is 0.223 e. The van der Waals surface area contributed by atoms with Crippen molar-refractivity contribution in [1.29, 1.82) is 0 Å². The van der Waals surface area contributed by atoms with E-state index in [4.69, 9.17) is 4.74 Å². The zero-order chi connectivity index (χ0) is 14.9. The third kappa shape index (κ3) is 2.77. The minimum Gasteiger partial charge on any atom is -0.380 e. The van der Waals surface area contributed by atoms with Gasteiger partial charge in [-0.15, -0.1) is 0 Å². The zero-order valence-electron chi connectivity index (χ0n) is 13.0. The second-order valence-electron chi connectivity index (χ2n) is 6.68. The second kappa shape index (κ2) is 6.01. The molecule has 0 unspecified atom stereocenters. The molecule has 3 aliphatic rings. The zero-order valence-corrected chi connectivity index (χ0v) is 13.0. The first-order valence-electron chi connectivity index (χ1n) is 8.45. The first-order valence-corrected chi connectivity index (χ1v) is 8.45. The van der Waals surface area contributed by atoms with Gasteiger partial charge in [0.05, 0.1) is 31.1 Å². The number of carbonyl (C=O) groups excluding carboxylic acids is 1. The molecule has 0 bridgehead atoms. The summed E-state index contributed by atoms with van der Waals surface area (Å²) in [5, 5.41) is 7.66. The summed E-state index contributed by atoms with van der Waals surface area (Å²) in [6.45, 7) is 5.22. The number of nitrogens with one attached hydrogen (secondary N) is 1. The van der Waals surface area contributed by atoms with Gasteiger partial charge in [0.2, 0.25) is 5.91 Å². The Morgan fingerprint density at radius 3 is 3.00 bits per heavy atom. The molecule has 1 atom stereocenters. The van der Waals surface area contributed by atoms with Crippen LogP contribution in [-0.4, -0.2) is 46.4 Å². The van der Waals surface area contributed by atoms with Crippen LogP contribution in [0.5, 0.6) is 0 Å². The summed E-state index contributed by atoms with van der Waals surface area (Å²) in [7, 11) is 0. The molecule has 1 aromatic heterocycles. The normalized spacial score (nSPS) is 25.7. The van der Waals surface area contributed by atoms with Crippen molar-refractivity contribution >= 4 is 5.91 Å². The van der Waals surface area contributed by atoms with Crippen LogP contribution in [0.1, 0.15) is 37.1 Å². The fraction of sp³-hybridized carbons (Fsp3) is 0.750. The molecule has 2 aliphatic heterocycles. The van der Waals surface area contributed by atoms with E-state index < -0.39 is 0 Å². The molecule has 1 aromatic rings. The predicted molar refractivity (Wildman–Crippen MR) is 81.0 cm³/mol. The first-order chi connectivity index (χ1) is 10.8. The van der Waals surface area contributed by atoms with Gasteiger partial charge in [-0.2, -0.15) is 5.10 Å². The molecule has 1 aliphatic carbocycles. The highest BCUT2D eigenvalue weighted by Gasteiger charge is 2.28. The maximum absolute atomic E-state index is 11.9. The van der Waals surface area contributed by atoms with Crippen LogP contribution in [0.25, 0.3) is 0 Å². The number of fused-ring (bicyclic) bond motifs is 1. The molecule has 4 rings (SSSR count). The Hall–Kier alpha value is -1.40. The molecule has 0 aromatic carbocycles. The van der Waals surface area contributed by atoms with E-state index in [0.717, 1.165) is 57.8 Å². The van der Waals surface area contributed by atoms with E-state index in [2.05, 4.69) is 26.1 Å². The Morgan fingerprint density at radius 2 is 2.27 bits per heavy atom. The largest absolute Gasteiger partial charge is 0.380 e. The van der Waals surface area contributed by atoms with Crippen molar-refractivity contribution in [2.75, 3.05) is 19.8 Å². The Balaban J connectivity index is 1.35. The van der Waals surface area contributed by atoms with Gasteiger partial charge in [0.1, 0.15) is 0 Å². The average Bonchev–Trinajstić information content (AvgIpc) is 3.11. The summed E-state index contributed by atoms with van der Waals surface area (Å²) in [6.07, 6.45) is 4.42. The highest BCUT2D eigenvalue weighted by Crippen LogP contribution is 2.26. The molecule has 0 spiro atoms. The van der Waals surface area contributed by atoms with Gasteiger partial charge < -0.3 is 10.1 Å². The van der Waals surface area contributed by atoms with E-state index in [1.165, 1.54) is 12.1 Å². The summed E-state index contributed by atoms with van der Waals surface area (Å²) < 4.78 is 7.59. The third-order valence-electron chi connectivity index (χ3n) is 5.22. The quantitative estimate of drug-likeness (QED) is 0.898. The molecule has 6 heteroatoms. The highest BCUT2D eigenvalue weighted by atomic mass is 16.5. The van der Waals surface area contributed by atoms with E-state index in [0.29, 0.717) is 12.6 Å². The van der Waals surface area contributed by atoms with Crippen molar-refractivity contribution < 1.29 is 9.53 Å². The van der Waals surface area contributed by atoms with E-state index in [9.17, 15) is 4.79 Å². The molecule has 0 radical (unpaired) electrons. The van der Waals surface area contributed by atoms with Crippen LogP contribution in [0.2, 0.25) is 0 Å². The lowest BCUT2D eigenvalue weighted by Gasteiger charge is -2.31. The van der Waals surface area contributed by atoms with Crippen molar-refractivity contribution in [2.45, 2.75) is 51.4 Å². The Morgan fingerprint density at radius 1 is 1.36 bits per heavy atom. The van der Waals surface area contributed by atoms with Gasteiger partial charge in [-0.25, -0.2) is 0 Å². The van der Waals surface area contributed by atoms with E-state index in [1.807, 2.05) is 0 Å². The molecule has 1 N–H and O–H groups in total. The lowest BCUT2D eigenvalue weighted by molar-refractivity contribution is -0.127. The van der Waals surface area contributed by atoms with Gasteiger partial charge in [-0.05, 0) is 25.3 Å². The molecular formula is C16H24N4O2. The van der Waals surface area contributed by atoms with Crippen LogP contribution >= 0.6 is 0 Å². The fourth-order valence-electron chi connectivity index (χ4n) is 3.55. The van der Waals surface area contributed by atoms with E-state index >= 15 is 0 Å². The van der Waals surface area contributed by atoms with Crippen molar-refractivity contribution in [3.63, 3.8) is 0 Å². The van der Waals surface area contributed by atoms with Crippen molar-refractivity contribution in [2.24, 2.45) is 5.92 Å². The standard InChI is InChI=1S/C16H24N4O2/c21-16(12-2-1-3-12)17-9-13-8-15-10-19(5-6-20(15)18-13)14-4-7-22-11-14/h8,12,14H,1-7,9-11H2,(H,17,21)/t14-/m1/s1. The molecule has 1 saturated heterocycles. The lowest BCUT2D eigenvalue weighted by atomic mass is 9.85. The van der Waals surface area contributed by atoms with Gasteiger partial charge in [-0.3, -0.25) is 14.4 Å². The number of hydrogen-bond acceptors (Lipinski definition) is 4. The van der Waals surface area contributed by atoms with Crippen molar-refractivity contribution in [1.82, 2.24) is 20.0 Å². The van der Waals surface area contributed by atoms with Crippen molar-refractivity contribution in [3.05, 3.63) is 17.5 Å². The minimum absolute atomic E-state index is 0.196. The molecule has 3 heterocycles. The van der Waals surface area contributed by atoms with Crippen LogP contribution in [0, 0.1) is 5.92 Å². The summed E-state index contributed by atoms with van der Waals surface area (Å²) in [6, 6.07) is 2.70. The fourth-order valence-corrected chi connectivity index (χ4v) is 3.55. The van der Waals surface area contributed by atoms with Crippen LogP contribution in [0.3, 0.4) is 0 Å². The number of carbonyl (C=O) groups is 1. The molecule has 1 amide bonds. The maximum atomic E-state index is 11.9. The number of aromatic nitrogens is 2. The van der Waals surface area contributed by atoms with Gasteiger partial charge in [0.15, 0.2) is 0 Å². The third-order valence-corrected chi connectivity index (χ3v) is 5.22. The molecule has 6 nitrogen and oxygen atoms in total. The van der Waals surface area contributed by atoms with Gasteiger partial charge >= 0.3 is 0 Å². The monoisotopic (exact) mass is 304 g/mol. The molecular weight excluding hydrogens is 280 g/mol. The number of ether oxygens (including phenoxy) is 1. The van der Waals surface area contributed by atoms with Crippen molar-refractivity contribution in [3.8, 4) is 0 Å².